The highest BCUT2D eigenvalue weighted by molar-refractivity contribution is 6.02. The fourth-order valence-electron chi connectivity index (χ4n) is 4.20. The molecule has 1 fully saturated rings. The Hall–Kier alpha value is -2.86. The lowest BCUT2D eigenvalue weighted by Gasteiger charge is -2.31. The van der Waals surface area contributed by atoms with E-state index in [9.17, 15) is 9.59 Å². The Labute approximate surface area is 185 Å². The van der Waals surface area contributed by atoms with E-state index in [4.69, 9.17) is 0 Å². The third-order valence-electron chi connectivity index (χ3n) is 5.96. The monoisotopic (exact) mass is 422 g/mol. The first kappa shape index (κ1) is 22.8. The van der Waals surface area contributed by atoms with Crippen molar-refractivity contribution in [1.29, 1.82) is 0 Å². The van der Waals surface area contributed by atoms with Crippen LogP contribution in [0.2, 0.25) is 0 Å². The normalized spacial score (nSPS) is 14.3. The fourth-order valence-corrected chi connectivity index (χ4v) is 4.20. The molecule has 0 radical (unpaired) electrons. The average molecular weight is 423 g/mol. The van der Waals surface area contributed by atoms with Crippen molar-refractivity contribution in [2.75, 3.05) is 24.2 Å². The van der Waals surface area contributed by atoms with Crippen molar-refractivity contribution >= 4 is 23.3 Å². The minimum atomic E-state index is -0.524. The minimum absolute atomic E-state index is 0.0322. The maximum absolute atomic E-state index is 12.3. The first-order valence-electron chi connectivity index (χ1n) is 11.1. The molecule has 3 rings (SSSR count). The lowest BCUT2D eigenvalue weighted by Crippen LogP contribution is -2.38. The molecule has 0 bridgehead atoms. The van der Waals surface area contributed by atoms with E-state index in [1.54, 1.807) is 0 Å². The van der Waals surface area contributed by atoms with Gasteiger partial charge in [0.25, 0.3) is 0 Å². The van der Waals surface area contributed by atoms with Crippen LogP contribution in [-0.4, -0.2) is 36.5 Å². The van der Waals surface area contributed by atoms with E-state index in [1.165, 1.54) is 32.1 Å². The molecule has 6 nitrogen and oxygen atoms in total. The number of imide groups is 1. The molecule has 0 aliphatic heterocycles. The number of benzene rings is 2. The Balaban J connectivity index is 1.51. The molecule has 2 aromatic rings. The first-order chi connectivity index (χ1) is 14.9. The van der Waals surface area contributed by atoms with Crippen LogP contribution in [0, 0.1) is 13.8 Å². The van der Waals surface area contributed by atoms with Gasteiger partial charge in [0.1, 0.15) is 0 Å². The van der Waals surface area contributed by atoms with Crippen LogP contribution in [0.3, 0.4) is 0 Å². The molecular weight excluding hydrogens is 388 g/mol. The van der Waals surface area contributed by atoms with Crippen molar-refractivity contribution in [2.45, 2.75) is 58.5 Å². The van der Waals surface area contributed by atoms with E-state index in [0.717, 1.165) is 28.9 Å². The van der Waals surface area contributed by atoms with Crippen molar-refractivity contribution < 1.29 is 9.59 Å². The summed E-state index contributed by atoms with van der Waals surface area (Å²) in [6.45, 7) is 4.79. The zero-order chi connectivity index (χ0) is 22.2. The first-order valence-corrected chi connectivity index (χ1v) is 11.1. The van der Waals surface area contributed by atoms with Crippen LogP contribution in [0.15, 0.2) is 42.5 Å². The van der Waals surface area contributed by atoms with E-state index in [0.29, 0.717) is 11.7 Å². The number of anilines is 2. The van der Waals surface area contributed by atoms with Crippen molar-refractivity contribution in [2.24, 2.45) is 0 Å². The number of rotatable bonds is 7. The Morgan fingerprint density at radius 2 is 1.74 bits per heavy atom. The van der Waals surface area contributed by atoms with Crippen LogP contribution >= 0.6 is 0 Å². The smallest absolute Gasteiger partial charge is 0.325 e. The summed E-state index contributed by atoms with van der Waals surface area (Å²) in [5.74, 6) is -0.377. The molecular formula is C25H34N4O2. The second-order valence-corrected chi connectivity index (χ2v) is 8.54. The lowest BCUT2D eigenvalue weighted by atomic mass is 9.94. The third kappa shape index (κ3) is 6.82. The number of nitrogens with one attached hydrogen (secondary N) is 3. The Morgan fingerprint density at radius 3 is 2.48 bits per heavy atom. The van der Waals surface area contributed by atoms with Gasteiger partial charge in [0.05, 0.1) is 6.54 Å². The number of aryl methyl sites for hydroxylation is 2. The predicted molar refractivity (Wildman–Crippen MR) is 126 cm³/mol. The molecule has 0 atom stereocenters. The Morgan fingerprint density at radius 1 is 1.00 bits per heavy atom. The third-order valence-corrected chi connectivity index (χ3v) is 5.96. The molecule has 6 heteroatoms. The molecule has 1 aliphatic rings. The molecule has 0 aromatic heterocycles. The second kappa shape index (κ2) is 11.0. The van der Waals surface area contributed by atoms with Crippen molar-refractivity contribution in [3.05, 3.63) is 59.2 Å². The largest absolute Gasteiger partial charge is 0.376 e. The number of carbonyl (C=O) groups is 2. The summed E-state index contributed by atoms with van der Waals surface area (Å²) in [5.41, 5.74) is 4.85. The predicted octanol–water partition coefficient (Wildman–Crippen LogP) is 4.83. The van der Waals surface area contributed by atoms with Gasteiger partial charge in [-0.2, -0.15) is 0 Å². The number of nitrogens with zero attached hydrogens (tertiary/aromatic N) is 1. The summed E-state index contributed by atoms with van der Waals surface area (Å²) in [4.78, 5) is 26.9. The minimum Gasteiger partial charge on any atom is -0.376 e. The molecule has 0 saturated heterocycles. The maximum Gasteiger partial charge on any atom is 0.325 e. The number of amides is 3. The van der Waals surface area contributed by atoms with Gasteiger partial charge in [0.2, 0.25) is 5.91 Å². The number of hydrogen-bond donors (Lipinski definition) is 3. The summed E-state index contributed by atoms with van der Waals surface area (Å²) < 4.78 is 0. The van der Waals surface area contributed by atoms with Crippen LogP contribution in [0.1, 0.15) is 48.8 Å². The van der Waals surface area contributed by atoms with Gasteiger partial charge in [-0.1, -0.05) is 55.2 Å². The van der Waals surface area contributed by atoms with Crippen LogP contribution < -0.4 is 16.0 Å². The van der Waals surface area contributed by atoms with Crippen molar-refractivity contribution in [3.63, 3.8) is 0 Å². The molecule has 0 heterocycles. The maximum atomic E-state index is 12.3. The van der Waals surface area contributed by atoms with Crippen LogP contribution in [0.4, 0.5) is 16.2 Å². The topological polar surface area (TPSA) is 73.5 Å². The lowest BCUT2D eigenvalue weighted by molar-refractivity contribution is -0.118. The number of para-hydroxylation sites is 1. The van der Waals surface area contributed by atoms with E-state index < -0.39 is 6.03 Å². The van der Waals surface area contributed by atoms with Crippen LogP contribution in [-0.2, 0) is 11.3 Å². The summed E-state index contributed by atoms with van der Waals surface area (Å²) in [5, 5.41) is 8.32. The second-order valence-electron chi connectivity index (χ2n) is 8.54. The SMILES string of the molecule is Cc1ccc(NC(=O)NC(=O)CNc2ccccc2CN(C)C2CCCCC2)c(C)c1. The van der Waals surface area contributed by atoms with E-state index in [2.05, 4.69) is 34.0 Å². The van der Waals surface area contributed by atoms with Gasteiger partial charge in [0.15, 0.2) is 0 Å². The zero-order valence-corrected chi connectivity index (χ0v) is 18.8. The standard InChI is InChI=1S/C25H34N4O2/c1-18-13-14-22(19(2)15-18)27-25(31)28-24(30)16-26-23-12-8-7-9-20(23)17-29(3)21-10-5-4-6-11-21/h7-9,12-15,21,26H,4-6,10-11,16-17H2,1-3H3,(H2,27,28,30,31). The van der Waals surface area contributed by atoms with Crippen LogP contribution in [0.5, 0.6) is 0 Å². The molecule has 2 aromatic carbocycles. The average Bonchev–Trinajstić information content (AvgIpc) is 2.75. The highest BCUT2D eigenvalue weighted by Gasteiger charge is 2.19. The number of hydrogen-bond acceptors (Lipinski definition) is 4. The Kier molecular flexibility index (Phi) is 8.06. The highest BCUT2D eigenvalue weighted by atomic mass is 16.2. The van der Waals surface area contributed by atoms with Gasteiger partial charge in [0, 0.05) is 24.0 Å². The van der Waals surface area contributed by atoms with Crippen molar-refractivity contribution in [1.82, 2.24) is 10.2 Å². The molecule has 0 unspecified atom stereocenters. The Bertz CT molecular complexity index is 906. The summed E-state index contributed by atoms with van der Waals surface area (Å²) >= 11 is 0. The quantitative estimate of drug-likeness (QED) is 0.598. The van der Waals surface area contributed by atoms with E-state index in [-0.39, 0.29) is 12.5 Å². The van der Waals surface area contributed by atoms with Gasteiger partial charge in [-0.05, 0) is 57.0 Å². The number of carbonyl (C=O) groups excluding carboxylic acids is 2. The molecule has 1 saturated carbocycles. The molecule has 3 amide bonds. The molecule has 166 valence electrons. The summed E-state index contributed by atoms with van der Waals surface area (Å²) in [7, 11) is 2.18. The van der Waals surface area contributed by atoms with E-state index >= 15 is 0 Å². The van der Waals surface area contributed by atoms with Gasteiger partial charge in [-0.3, -0.25) is 15.0 Å². The zero-order valence-electron chi connectivity index (χ0n) is 18.8. The molecule has 0 spiro atoms. The summed E-state index contributed by atoms with van der Waals surface area (Å²) in [6, 6.07) is 13.9. The summed E-state index contributed by atoms with van der Waals surface area (Å²) in [6.07, 6.45) is 6.46. The van der Waals surface area contributed by atoms with Gasteiger partial charge >= 0.3 is 6.03 Å². The highest BCUT2D eigenvalue weighted by Crippen LogP contribution is 2.24. The van der Waals surface area contributed by atoms with Gasteiger partial charge < -0.3 is 10.6 Å². The molecule has 3 N–H and O–H groups in total. The molecule has 1 aliphatic carbocycles. The van der Waals surface area contributed by atoms with Crippen molar-refractivity contribution in [3.8, 4) is 0 Å². The van der Waals surface area contributed by atoms with Crippen LogP contribution in [0.25, 0.3) is 0 Å². The van der Waals surface area contributed by atoms with Gasteiger partial charge in [-0.15, -0.1) is 0 Å². The van der Waals surface area contributed by atoms with Gasteiger partial charge in [-0.25, -0.2) is 4.79 Å². The number of urea groups is 1. The fraction of sp³-hybridized carbons (Fsp3) is 0.440. The van der Waals surface area contributed by atoms with E-state index in [1.807, 2.05) is 50.2 Å². The molecule has 31 heavy (non-hydrogen) atoms.